The molecule has 36 heavy (non-hydrogen) atoms. The molecule has 194 valence electrons. The normalized spacial score (nSPS) is 16.8. The zero-order chi connectivity index (χ0) is 26.2. The summed E-state index contributed by atoms with van der Waals surface area (Å²) in [6.45, 7) is 3.02. The van der Waals surface area contributed by atoms with E-state index in [1.54, 1.807) is 36.4 Å². The number of nitrogens with zero attached hydrogens (tertiary/aromatic N) is 1. The molecule has 0 saturated carbocycles. The number of benzene rings is 2. The quantitative estimate of drug-likeness (QED) is 0.203. The molecule has 0 radical (unpaired) electrons. The van der Waals surface area contributed by atoms with Gasteiger partial charge in [-0.2, -0.15) is 0 Å². The zero-order valence-corrected chi connectivity index (χ0v) is 21.3. The smallest absolute Gasteiger partial charge is 0.295 e. The average molecular weight is 500 g/mol. The number of aliphatic hydroxyl groups excluding tert-OH is 1. The number of likely N-dealkylation sites (tertiary alicyclic amines) is 1. The molecule has 0 aliphatic carbocycles. The molecule has 0 bridgehead atoms. The average Bonchev–Trinajstić information content (AvgIpc) is 3.15. The Kier molecular flexibility index (Phi) is 9.19. The van der Waals surface area contributed by atoms with Gasteiger partial charge in [-0.3, -0.25) is 9.59 Å². The van der Waals surface area contributed by atoms with E-state index in [9.17, 15) is 14.7 Å². The summed E-state index contributed by atoms with van der Waals surface area (Å²) in [6, 6.07) is 9.19. The Morgan fingerprint density at radius 2 is 1.58 bits per heavy atom. The van der Waals surface area contributed by atoms with Gasteiger partial charge in [0.2, 0.25) is 5.75 Å². The fraction of sp³-hybridized carbons (Fsp3) is 0.407. The summed E-state index contributed by atoms with van der Waals surface area (Å²) < 4.78 is 27.2. The van der Waals surface area contributed by atoms with E-state index in [-0.39, 0.29) is 24.5 Å². The van der Waals surface area contributed by atoms with Gasteiger partial charge in [-0.1, -0.05) is 13.3 Å². The van der Waals surface area contributed by atoms with Crippen molar-refractivity contribution in [1.82, 2.24) is 4.90 Å². The SMILES string of the molecule is CCCCOc1ccc(C(O)=C2C(=O)C(=O)N(CCOC)[C@@H]2c2cc(OC)c(OC)c(OC)c2)cc1. The summed E-state index contributed by atoms with van der Waals surface area (Å²) >= 11 is 0. The molecule has 1 fully saturated rings. The van der Waals surface area contributed by atoms with E-state index in [0.29, 0.717) is 40.7 Å². The van der Waals surface area contributed by atoms with E-state index in [1.807, 2.05) is 0 Å². The van der Waals surface area contributed by atoms with Crippen LogP contribution in [0.25, 0.3) is 5.76 Å². The summed E-state index contributed by atoms with van der Waals surface area (Å²) in [5.41, 5.74) is 0.867. The Morgan fingerprint density at radius 3 is 2.11 bits per heavy atom. The summed E-state index contributed by atoms with van der Waals surface area (Å²) in [5.74, 6) is -0.0573. The highest BCUT2D eigenvalue weighted by Gasteiger charge is 2.46. The highest BCUT2D eigenvalue weighted by Crippen LogP contribution is 2.45. The molecule has 1 N–H and O–H groups in total. The second kappa shape index (κ2) is 12.3. The van der Waals surface area contributed by atoms with Crippen LogP contribution < -0.4 is 18.9 Å². The van der Waals surface area contributed by atoms with Gasteiger partial charge in [0.1, 0.15) is 11.5 Å². The van der Waals surface area contributed by atoms with Crippen molar-refractivity contribution in [2.24, 2.45) is 0 Å². The Labute approximate surface area is 211 Å². The van der Waals surface area contributed by atoms with E-state index in [4.69, 9.17) is 23.7 Å². The molecule has 2 aromatic carbocycles. The van der Waals surface area contributed by atoms with Crippen molar-refractivity contribution in [3.05, 3.63) is 53.1 Å². The molecule has 3 rings (SSSR count). The molecule has 1 saturated heterocycles. The number of methoxy groups -OCH3 is 4. The van der Waals surface area contributed by atoms with Crippen molar-refractivity contribution in [1.29, 1.82) is 0 Å². The molecule has 1 aliphatic heterocycles. The lowest BCUT2D eigenvalue weighted by Gasteiger charge is -2.26. The predicted octanol–water partition coefficient (Wildman–Crippen LogP) is 3.96. The van der Waals surface area contributed by atoms with Gasteiger partial charge < -0.3 is 33.7 Å². The summed E-state index contributed by atoms with van der Waals surface area (Å²) in [4.78, 5) is 27.6. The maximum atomic E-state index is 13.2. The van der Waals surface area contributed by atoms with Crippen LogP contribution >= 0.6 is 0 Å². The summed E-state index contributed by atoms with van der Waals surface area (Å²) in [6.07, 6.45) is 1.95. The zero-order valence-electron chi connectivity index (χ0n) is 21.3. The fourth-order valence-electron chi connectivity index (χ4n) is 4.10. The number of Topliss-reactive ketones (excluding diaryl/α,β-unsaturated/α-hetero) is 1. The van der Waals surface area contributed by atoms with Crippen molar-refractivity contribution in [3.63, 3.8) is 0 Å². The van der Waals surface area contributed by atoms with Gasteiger partial charge in [0.15, 0.2) is 11.5 Å². The molecule has 0 aromatic heterocycles. The van der Waals surface area contributed by atoms with Crippen LogP contribution in [-0.2, 0) is 14.3 Å². The van der Waals surface area contributed by atoms with Crippen molar-refractivity contribution < 1.29 is 38.4 Å². The minimum absolute atomic E-state index is 0.0370. The lowest BCUT2D eigenvalue weighted by Crippen LogP contribution is -2.32. The molecule has 1 heterocycles. The van der Waals surface area contributed by atoms with Crippen molar-refractivity contribution >= 4 is 17.4 Å². The highest BCUT2D eigenvalue weighted by atomic mass is 16.5. The topological polar surface area (TPSA) is 104 Å². The van der Waals surface area contributed by atoms with Crippen molar-refractivity contribution in [2.75, 3.05) is 48.2 Å². The van der Waals surface area contributed by atoms with E-state index in [0.717, 1.165) is 12.8 Å². The summed E-state index contributed by atoms with van der Waals surface area (Å²) in [7, 11) is 5.95. The lowest BCUT2D eigenvalue weighted by atomic mass is 9.94. The molecular formula is C27H33NO8. The minimum Gasteiger partial charge on any atom is -0.507 e. The van der Waals surface area contributed by atoms with E-state index in [1.165, 1.54) is 33.3 Å². The van der Waals surface area contributed by atoms with Gasteiger partial charge in [0.05, 0.1) is 46.2 Å². The number of rotatable bonds is 12. The van der Waals surface area contributed by atoms with Crippen LogP contribution in [0.1, 0.15) is 36.9 Å². The van der Waals surface area contributed by atoms with Gasteiger partial charge in [-0.15, -0.1) is 0 Å². The third-order valence-corrected chi connectivity index (χ3v) is 5.97. The first-order valence-electron chi connectivity index (χ1n) is 11.7. The van der Waals surface area contributed by atoms with Crippen LogP contribution in [0.15, 0.2) is 42.0 Å². The number of aliphatic hydroxyl groups is 1. The van der Waals surface area contributed by atoms with Gasteiger partial charge >= 0.3 is 0 Å². The standard InChI is InChI=1S/C27H33NO8/c1-6-7-13-36-19-10-8-17(9-11-19)24(29)22-23(28(12-14-32-2)27(31)25(22)30)18-15-20(33-3)26(35-5)21(16-18)34-4/h8-11,15-16,23,29H,6-7,12-14H2,1-5H3/t23-/m1/s1. The first-order valence-corrected chi connectivity index (χ1v) is 11.7. The first kappa shape index (κ1) is 26.9. The number of carbonyl (C=O) groups excluding carboxylic acids is 2. The van der Waals surface area contributed by atoms with Crippen LogP contribution in [0, 0.1) is 0 Å². The van der Waals surface area contributed by atoms with Crippen LogP contribution in [0.3, 0.4) is 0 Å². The maximum Gasteiger partial charge on any atom is 0.295 e. The van der Waals surface area contributed by atoms with Crippen molar-refractivity contribution in [3.8, 4) is 23.0 Å². The lowest BCUT2D eigenvalue weighted by molar-refractivity contribution is -0.140. The Balaban J connectivity index is 2.13. The molecule has 0 spiro atoms. The molecule has 9 heteroatoms. The van der Waals surface area contributed by atoms with E-state index < -0.39 is 17.7 Å². The predicted molar refractivity (Wildman–Crippen MR) is 134 cm³/mol. The molecule has 0 unspecified atom stereocenters. The molecule has 1 aliphatic rings. The fourth-order valence-corrected chi connectivity index (χ4v) is 4.10. The first-order chi connectivity index (χ1) is 17.4. The molecule has 1 amide bonds. The number of hydrogen-bond acceptors (Lipinski definition) is 8. The van der Waals surface area contributed by atoms with Crippen LogP contribution in [0.5, 0.6) is 23.0 Å². The molecule has 9 nitrogen and oxygen atoms in total. The molecular weight excluding hydrogens is 466 g/mol. The number of hydrogen-bond donors (Lipinski definition) is 1. The summed E-state index contributed by atoms with van der Waals surface area (Å²) in [5, 5.41) is 11.3. The molecule has 2 aromatic rings. The van der Waals surface area contributed by atoms with E-state index in [2.05, 4.69) is 6.92 Å². The monoisotopic (exact) mass is 499 g/mol. The van der Waals surface area contributed by atoms with Gasteiger partial charge in [-0.25, -0.2) is 0 Å². The Hall–Kier alpha value is -3.72. The van der Waals surface area contributed by atoms with Gasteiger partial charge in [0, 0.05) is 19.2 Å². The largest absolute Gasteiger partial charge is 0.507 e. The van der Waals surface area contributed by atoms with Crippen molar-refractivity contribution in [2.45, 2.75) is 25.8 Å². The second-order valence-corrected chi connectivity index (χ2v) is 8.17. The van der Waals surface area contributed by atoms with Crippen LogP contribution in [0.4, 0.5) is 0 Å². The Morgan fingerprint density at radius 1 is 0.944 bits per heavy atom. The molecule has 1 atom stereocenters. The number of ether oxygens (including phenoxy) is 5. The van der Waals surface area contributed by atoms with Crippen LogP contribution in [-0.4, -0.2) is 69.9 Å². The number of carbonyl (C=O) groups is 2. The highest BCUT2D eigenvalue weighted by molar-refractivity contribution is 6.46. The second-order valence-electron chi connectivity index (χ2n) is 8.17. The Bertz CT molecular complexity index is 1080. The van der Waals surface area contributed by atoms with Gasteiger partial charge in [0.25, 0.3) is 11.7 Å². The minimum atomic E-state index is -0.894. The third kappa shape index (κ3) is 5.41. The number of unbranched alkanes of at least 4 members (excludes halogenated alkanes) is 1. The van der Waals surface area contributed by atoms with Gasteiger partial charge in [-0.05, 0) is 48.4 Å². The van der Waals surface area contributed by atoms with E-state index >= 15 is 0 Å². The van der Waals surface area contributed by atoms with Crippen LogP contribution in [0.2, 0.25) is 0 Å². The number of amides is 1. The maximum absolute atomic E-state index is 13.2. The number of ketones is 1. The third-order valence-electron chi connectivity index (χ3n) is 5.97.